The number of hydrogen-bond donors (Lipinski definition) is 0. The molecule has 158 valence electrons. The first-order chi connectivity index (χ1) is 14.0. The molecule has 3 fully saturated rings. The van der Waals surface area contributed by atoms with E-state index in [4.69, 9.17) is 21.1 Å². The summed E-state index contributed by atoms with van der Waals surface area (Å²) < 4.78 is 12.3. The number of ether oxygens (including phenoxy) is 2. The Morgan fingerprint density at radius 2 is 2.21 bits per heavy atom. The van der Waals surface area contributed by atoms with Crippen LogP contribution < -0.4 is 0 Å². The molecule has 1 aromatic rings. The summed E-state index contributed by atoms with van der Waals surface area (Å²) >= 11 is 6.29. The number of benzene rings is 1. The van der Waals surface area contributed by atoms with Gasteiger partial charge in [-0.25, -0.2) is 0 Å². The predicted molar refractivity (Wildman–Crippen MR) is 107 cm³/mol. The number of nitrogens with zero attached hydrogens (tertiary/aromatic N) is 3. The van der Waals surface area contributed by atoms with Gasteiger partial charge in [0.1, 0.15) is 5.60 Å². The molecule has 0 saturated carbocycles. The maximum absolute atomic E-state index is 11.9. The Kier molecular flexibility index (Phi) is 6.06. The molecule has 29 heavy (non-hydrogen) atoms. The van der Waals surface area contributed by atoms with E-state index in [1.165, 1.54) is 6.07 Å². The van der Waals surface area contributed by atoms with E-state index in [0.717, 1.165) is 25.8 Å². The summed E-state index contributed by atoms with van der Waals surface area (Å²) in [6.07, 6.45) is 3.29. The van der Waals surface area contributed by atoms with E-state index >= 15 is 0 Å². The fourth-order valence-corrected chi connectivity index (χ4v) is 4.84. The average Bonchev–Trinajstić information content (AvgIpc) is 3.20. The molecule has 0 radical (unpaired) electrons. The number of rotatable bonds is 5. The minimum absolute atomic E-state index is 0.00949. The van der Waals surface area contributed by atoms with Crippen molar-refractivity contribution in [2.75, 3.05) is 39.4 Å². The Morgan fingerprint density at radius 3 is 2.97 bits per heavy atom. The molecule has 1 aromatic carbocycles. The third-order valence-corrected chi connectivity index (χ3v) is 6.39. The second-order valence-corrected chi connectivity index (χ2v) is 8.57. The van der Waals surface area contributed by atoms with Crippen LogP contribution in [0.2, 0.25) is 5.02 Å². The van der Waals surface area contributed by atoms with Gasteiger partial charge >= 0.3 is 0 Å². The zero-order chi connectivity index (χ0) is 20.4. The number of halogens is 1. The van der Waals surface area contributed by atoms with Gasteiger partial charge in [0.05, 0.1) is 34.8 Å². The first-order valence-electron chi connectivity index (χ1n) is 10.1. The average molecular weight is 424 g/mol. The predicted octanol–water partition coefficient (Wildman–Crippen LogP) is 2.62. The van der Waals surface area contributed by atoms with Crippen LogP contribution in [0, 0.1) is 10.1 Å². The van der Waals surface area contributed by atoms with Crippen molar-refractivity contribution in [1.29, 1.82) is 0 Å². The summed E-state index contributed by atoms with van der Waals surface area (Å²) in [6.45, 7) is 4.14. The van der Waals surface area contributed by atoms with E-state index in [1.54, 1.807) is 12.1 Å². The summed E-state index contributed by atoms with van der Waals surface area (Å²) in [5, 5.41) is 11.8. The van der Waals surface area contributed by atoms with Gasteiger partial charge < -0.3 is 14.4 Å². The third kappa shape index (κ3) is 4.55. The second kappa shape index (κ2) is 8.55. The van der Waals surface area contributed by atoms with Gasteiger partial charge in [-0.15, -0.1) is 0 Å². The van der Waals surface area contributed by atoms with Crippen molar-refractivity contribution in [3.63, 3.8) is 0 Å². The minimum atomic E-state index is -0.444. The van der Waals surface area contributed by atoms with E-state index < -0.39 is 5.60 Å². The molecular formula is C20H26ClN3O5. The molecule has 8 nitrogen and oxygen atoms in total. The van der Waals surface area contributed by atoms with Gasteiger partial charge in [-0.2, -0.15) is 0 Å². The van der Waals surface area contributed by atoms with Gasteiger partial charge in [-0.1, -0.05) is 17.7 Å². The molecule has 3 saturated heterocycles. The molecule has 0 aromatic heterocycles. The highest BCUT2D eigenvalue weighted by atomic mass is 35.5. The first kappa shape index (κ1) is 20.5. The Balaban J connectivity index is 1.45. The zero-order valence-electron chi connectivity index (χ0n) is 16.3. The number of likely N-dealkylation sites (tertiary alicyclic amines) is 1. The zero-order valence-corrected chi connectivity index (χ0v) is 17.1. The highest BCUT2D eigenvalue weighted by molar-refractivity contribution is 6.31. The van der Waals surface area contributed by atoms with Gasteiger partial charge in [-0.05, 0) is 25.3 Å². The van der Waals surface area contributed by atoms with Crippen LogP contribution in [0.4, 0.5) is 5.69 Å². The lowest BCUT2D eigenvalue weighted by molar-refractivity contribution is -0.385. The number of hydrogen-bond acceptors (Lipinski definition) is 6. The standard InChI is InChI=1S/C20H26ClN3O5/c21-17-3-1-4-18(24(26)27)16(17)12-22-9-10-28-14-20(13-22)7-6-15(29-20)11-23-8-2-5-19(23)25/h1,3-4,15H,2,5-14H2/t15-,20-/m0/s1. The Hall–Kier alpha value is -1.74. The van der Waals surface area contributed by atoms with Crippen LogP contribution in [-0.2, 0) is 20.8 Å². The van der Waals surface area contributed by atoms with Crippen LogP contribution in [0.15, 0.2) is 18.2 Å². The molecule has 3 aliphatic heterocycles. The summed E-state index contributed by atoms with van der Waals surface area (Å²) in [5.74, 6) is 0.208. The molecule has 9 heteroatoms. The molecule has 1 spiro atoms. The Morgan fingerprint density at radius 1 is 1.34 bits per heavy atom. The fraction of sp³-hybridized carbons (Fsp3) is 0.650. The lowest BCUT2D eigenvalue weighted by atomic mass is 9.99. The minimum Gasteiger partial charge on any atom is -0.377 e. The summed E-state index contributed by atoms with van der Waals surface area (Å²) in [6, 6.07) is 4.77. The van der Waals surface area contributed by atoms with Crippen LogP contribution in [0.5, 0.6) is 0 Å². The highest BCUT2D eigenvalue weighted by Gasteiger charge is 2.44. The van der Waals surface area contributed by atoms with Crippen LogP contribution in [0.25, 0.3) is 0 Å². The van der Waals surface area contributed by atoms with Crippen LogP contribution in [0.1, 0.15) is 31.2 Å². The van der Waals surface area contributed by atoms with Crippen molar-refractivity contribution >= 4 is 23.2 Å². The van der Waals surface area contributed by atoms with Crippen molar-refractivity contribution in [2.24, 2.45) is 0 Å². The van der Waals surface area contributed by atoms with E-state index in [1.807, 2.05) is 4.90 Å². The van der Waals surface area contributed by atoms with Crippen LogP contribution in [0.3, 0.4) is 0 Å². The Labute approximate surface area is 174 Å². The maximum atomic E-state index is 11.9. The number of nitro groups is 1. The molecular weight excluding hydrogens is 398 g/mol. The van der Waals surface area contributed by atoms with Gasteiger partial charge in [0.15, 0.2) is 0 Å². The normalized spacial score (nSPS) is 28.2. The van der Waals surface area contributed by atoms with E-state index in [9.17, 15) is 14.9 Å². The topological polar surface area (TPSA) is 85.2 Å². The van der Waals surface area contributed by atoms with Crippen LogP contribution >= 0.6 is 11.6 Å². The number of nitro benzene ring substituents is 1. The molecule has 0 unspecified atom stereocenters. The van der Waals surface area contributed by atoms with E-state index in [-0.39, 0.29) is 22.6 Å². The van der Waals surface area contributed by atoms with Gasteiger partial charge in [-0.3, -0.25) is 19.8 Å². The third-order valence-electron chi connectivity index (χ3n) is 6.04. The lowest BCUT2D eigenvalue weighted by Crippen LogP contribution is -2.45. The smallest absolute Gasteiger partial charge is 0.275 e. The SMILES string of the molecule is O=C1CCCN1C[C@@H]1CC[C@]2(COCCN(Cc3c(Cl)cccc3[N+](=O)[O-])C2)O1. The van der Waals surface area contributed by atoms with Crippen molar-refractivity contribution in [3.8, 4) is 0 Å². The fourth-order valence-electron chi connectivity index (χ4n) is 4.61. The molecule has 0 N–H and O–H groups in total. The first-order valence-corrected chi connectivity index (χ1v) is 10.5. The number of amides is 1. The largest absolute Gasteiger partial charge is 0.377 e. The molecule has 4 rings (SSSR count). The number of carbonyl (C=O) groups is 1. The monoisotopic (exact) mass is 423 g/mol. The highest BCUT2D eigenvalue weighted by Crippen LogP contribution is 2.35. The molecule has 1 amide bonds. The molecule has 3 heterocycles. The molecule has 0 bridgehead atoms. The van der Waals surface area contributed by atoms with Gasteiger partial charge in [0.2, 0.25) is 5.91 Å². The van der Waals surface area contributed by atoms with Gasteiger partial charge in [0, 0.05) is 45.2 Å². The van der Waals surface area contributed by atoms with Crippen LogP contribution in [-0.4, -0.2) is 71.7 Å². The summed E-state index contributed by atoms with van der Waals surface area (Å²) in [4.78, 5) is 27.0. The maximum Gasteiger partial charge on any atom is 0.275 e. The molecule has 3 aliphatic rings. The van der Waals surface area contributed by atoms with Crippen molar-refractivity contribution in [1.82, 2.24) is 9.80 Å². The van der Waals surface area contributed by atoms with E-state index in [0.29, 0.717) is 56.4 Å². The summed E-state index contributed by atoms with van der Waals surface area (Å²) in [7, 11) is 0. The van der Waals surface area contributed by atoms with Crippen molar-refractivity contribution in [2.45, 2.75) is 43.9 Å². The quantitative estimate of drug-likeness (QED) is 0.534. The van der Waals surface area contributed by atoms with Crippen molar-refractivity contribution in [3.05, 3.63) is 38.9 Å². The van der Waals surface area contributed by atoms with E-state index in [2.05, 4.69) is 4.90 Å². The number of carbonyl (C=O) groups excluding carboxylic acids is 1. The molecule has 0 aliphatic carbocycles. The molecule has 2 atom stereocenters. The lowest BCUT2D eigenvalue weighted by Gasteiger charge is -2.32. The Bertz CT molecular complexity index is 791. The van der Waals surface area contributed by atoms with Crippen molar-refractivity contribution < 1.29 is 19.2 Å². The summed E-state index contributed by atoms with van der Waals surface area (Å²) in [5.41, 5.74) is 0.114. The second-order valence-electron chi connectivity index (χ2n) is 8.16. The van der Waals surface area contributed by atoms with Gasteiger partial charge in [0.25, 0.3) is 5.69 Å².